The van der Waals surface area contributed by atoms with E-state index >= 15 is 0 Å². The van der Waals surface area contributed by atoms with Crippen molar-refractivity contribution in [2.75, 3.05) is 33.3 Å². The number of methoxy groups -OCH3 is 3. The molecule has 0 unspecified atom stereocenters. The van der Waals surface area contributed by atoms with E-state index in [9.17, 15) is 9.59 Å². The number of benzene rings is 3. The molecule has 0 aliphatic carbocycles. The molecule has 0 saturated carbocycles. The molecule has 184 valence electrons. The molecule has 0 atom stereocenters. The highest BCUT2D eigenvalue weighted by Gasteiger charge is 2.15. The van der Waals surface area contributed by atoms with Gasteiger partial charge in [-0.3, -0.25) is 9.59 Å². The lowest BCUT2D eigenvalue weighted by Gasteiger charge is -2.14. The van der Waals surface area contributed by atoms with Crippen LogP contribution in [-0.4, -0.2) is 39.8 Å². The van der Waals surface area contributed by atoms with Gasteiger partial charge in [0.15, 0.2) is 18.1 Å². The van der Waals surface area contributed by atoms with Gasteiger partial charge in [-0.15, -0.1) is 0 Å². The first kappa shape index (κ1) is 25.4. The highest BCUT2D eigenvalue weighted by Crippen LogP contribution is 2.38. The first-order chi connectivity index (χ1) is 17.0. The van der Waals surface area contributed by atoms with Gasteiger partial charge in [-0.05, 0) is 53.9 Å². The van der Waals surface area contributed by atoms with E-state index in [0.717, 1.165) is 11.1 Å². The molecule has 0 heterocycles. The number of carbonyl (C=O) groups is 2. The Morgan fingerprint density at radius 2 is 1.46 bits per heavy atom. The Hall–Kier alpha value is -4.20. The maximum absolute atomic E-state index is 12.2. The molecule has 0 bridgehead atoms. The summed E-state index contributed by atoms with van der Waals surface area (Å²) in [6.07, 6.45) is 0.487. The molecular weight excluding hydrogens is 450 g/mol. The lowest BCUT2D eigenvalue weighted by atomic mass is 10.1. The Morgan fingerprint density at radius 1 is 0.800 bits per heavy atom. The molecule has 3 aromatic rings. The van der Waals surface area contributed by atoms with E-state index in [-0.39, 0.29) is 13.0 Å². The molecular formula is C27H29NO7. The molecule has 3 rings (SSSR count). The molecule has 0 saturated heterocycles. The minimum atomic E-state index is -0.487. The summed E-state index contributed by atoms with van der Waals surface area (Å²) >= 11 is 0. The second kappa shape index (κ2) is 12.9. The van der Waals surface area contributed by atoms with Gasteiger partial charge in [-0.2, -0.15) is 0 Å². The third-order valence-corrected chi connectivity index (χ3v) is 5.09. The average molecular weight is 480 g/mol. The van der Waals surface area contributed by atoms with E-state index < -0.39 is 11.9 Å². The van der Waals surface area contributed by atoms with Crippen LogP contribution in [0.5, 0.6) is 23.0 Å². The Morgan fingerprint density at radius 3 is 2.06 bits per heavy atom. The maximum Gasteiger partial charge on any atom is 0.306 e. The van der Waals surface area contributed by atoms with Crippen LogP contribution in [0.4, 0.5) is 5.69 Å². The highest BCUT2D eigenvalue weighted by molar-refractivity contribution is 5.92. The monoisotopic (exact) mass is 479 g/mol. The molecule has 0 fully saturated rings. The van der Waals surface area contributed by atoms with Crippen LogP contribution in [0.2, 0.25) is 0 Å². The van der Waals surface area contributed by atoms with Crippen molar-refractivity contribution < 1.29 is 33.3 Å². The SMILES string of the molecule is COc1cc(CCC(=O)OCC(=O)Nc2ccc(OCc3ccccc3)cc2)cc(OC)c1OC. The van der Waals surface area contributed by atoms with Crippen LogP contribution in [0.15, 0.2) is 66.7 Å². The predicted molar refractivity (Wildman–Crippen MR) is 131 cm³/mol. The van der Waals surface area contributed by atoms with Crippen LogP contribution in [0.1, 0.15) is 17.5 Å². The molecule has 1 amide bonds. The van der Waals surface area contributed by atoms with Crippen LogP contribution >= 0.6 is 0 Å². The molecule has 1 N–H and O–H groups in total. The fourth-order valence-corrected chi connectivity index (χ4v) is 3.32. The molecule has 0 aliphatic rings. The zero-order valence-electron chi connectivity index (χ0n) is 20.0. The number of rotatable bonds is 12. The highest BCUT2D eigenvalue weighted by atomic mass is 16.5. The normalized spacial score (nSPS) is 10.3. The molecule has 0 radical (unpaired) electrons. The van der Waals surface area contributed by atoms with Crippen molar-refractivity contribution in [1.82, 2.24) is 0 Å². The summed E-state index contributed by atoms with van der Waals surface area (Å²) < 4.78 is 26.8. The van der Waals surface area contributed by atoms with E-state index in [1.807, 2.05) is 30.3 Å². The summed E-state index contributed by atoms with van der Waals surface area (Å²) in [6.45, 7) is 0.0823. The number of aryl methyl sites for hydroxylation is 1. The standard InChI is InChI=1S/C27H29NO7/c1-31-23-15-20(16-24(32-2)27(23)33-3)9-14-26(30)35-18-25(29)28-21-10-12-22(13-11-21)34-17-19-7-5-4-6-8-19/h4-8,10-13,15-16H,9,14,17-18H2,1-3H3,(H,28,29). The Kier molecular flexibility index (Phi) is 9.36. The van der Waals surface area contributed by atoms with Crippen molar-refractivity contribution in [3.05, 3.63) is 77.9 Å². The first-order valence-corrected chi connectivity index (χ1v) is 11.0. The Balaban J connectivity index is 1.42. The number of anilines is 1. The van der Waals surface area contributed by atoms with Crippen molar-refractivity contribution in [1.29, 1.82) is 0 Å². The van der Waals surface area contributed by atoms with Gasteiger partial charge in [0.05, 0.1) is 21.3 Å². The molecule has 0 spiro atoms. The number of nitrogens with one attached hydrogen (secondary N) is 1. The predicted octanol–water partition coefficient (Wildman–Crippen LogP) is 4.41. The number of ether oxygens (including phenoxy) is 5. The first-order valence-electron chi connectivity index (χ1n) is 11.0. The van der Waals surface area contributed by atoms with Crippen molar-refractivity contribution in [3.8, 4) is 23.0 Å². The van der Waals surface area contributed by atoms with Gasteiger partial charge in [-0.1, -0.05) is 30.3 Å². The van der Waals surface area contributed by atoms with Crippen LogP contribution in [0.25, 0.3) is 0 Å². The number of esters is 1. The lowest BCUT2D eigenvalue weighted by Crippen LogP contribution is -2.21. The second-order valence-electron chi connectivity index (χ2n) is 7.54. The number of amides is 1. The largest absolute Gasteiger partial charge is 0.493 e. The van der Waals surface area contributed by atoms with Crippen LogP contribution < -0.4 is 24.3 Å². The van der Waals surface area contributed by atoms with E-state index in [0.29, 0.717) is 41.7 Å². The van der Waals surface area contributed by atoms with Crippen molar-refractivity contribution in [2.24, 2.45) is 0 Å². The van der Waals surface area contributed by atoms with Gasteiger partial charge in [0.2, 0.25) is 5.75 Å². The van der Waals surface area contributed by atoms with E-state index in [1.54, 1.807) is 36.4 Å². The van der Waals surface area contributed by atoms with Gasteiger partial charge in [0.1, 0.15) is 12.4 Å². The zero-order valence-corrected chi connectivity index (χ0v) is 20.0. The molecule has 8 heteroatoms. The third kappa shape index (κ3) is 7.67. The Labute approximate surface area is 204 Å². The fraction of sp³-hybridized carbons (Fsp3) is 0.259. The molecule has 0 aromatic heterocycles. The summed E-state index contributed by atoms with van der Waals surface area (Å²) in [6, 6.07) is 20.4. The summed E-state index contributed by atoms with van der Waals surface area (Å²) in [5.74, 6) is 1.26. The maximum atomic E-state index is 12.2. The average Bonchev–Trinajstić information content (AvgIpc) is 2.90. The lowest BCUT2D eigenvalue weighted by molar-refractivity contribution is -0.147. The number of carbonyl (C=O) groups excluding carboxylic acids is 2. The van der Waals surface area contributed by atoms with Crippen molar-refractivity contribution in [3.63, 3.8) is 0 Å². The molecule has 0 aliphatic heterocycles. The topological polar surface area (TPSA) is 92.3 Å². The van der Waals surface area contributed by atoms with E-state index in [2.05, 4.69) is 5.32 Å². The van der Waals surface area contributed by atoms with E-state index in [4.69, 9.17) is 23.7 Å². The Bertz CT molecular complexity index is 1090. The smallest absolute Gasteiger partial charge is 0.306 e. The van der Waals surface area contributed by atoms with Crippen molar-refractivity contribution in [2.45, 2.75) is 19.4 Å². The third-order valence-electron chi connectivity index (χ3n) is 5.09. The van der Waals surface area contributed by atoms with Gasteiger partial charge < -0.3 is 29.0 Å². The minimum Gasteiger partial charge on any atom is -0.493 e. The van der Waals surface area contributed by atoms with E-state index in [1.165, 1.54) is 21.3 Å². The number of hydrogen-bond donors (Lipinski definition) is 1. The number of hydrogen-bond acceptors (Lipinski definition) is 7. The summed E-state index contributed by atoms with van der Waals surface area (Å²) in [4.78, 5) is 24.3. The van der Waals surface area contributed by atoms with Gasteiger partial charge in [-0.25, -0.2) is 0 Å². The van der Waals surface area contributed by atoms with Crippen LogP contribution in [0, 0.1) is 0 Å². The molecule has 8 nitrogen and oxygen atoms in total. The molecule has 35 heavy (non-hydrogen) atoms. The van der Waals surface area contributed by atoms with Gasteiger partial charge in [0, 0.05) is 12.1 Å². The zero-order chi connectivity index (χ0) is 25.0. The van der Waals surface area contributed by atoms with Gasteiger partial charge in [0.25, 0.3) is 5.91 Å². The summed E-state index contributed by atoms with van der Waals surface area (Å²) in [5.41, 5.74) is 2.46. The summed E-state index contributed by atoms with van der Waals surface area (Å²) in [5, 5.41) is 2.70. The van der Waals surface area contributed by atoms with Gasteiger partial charge >= 0.3 is 5.97 Å². The van der Waals surface area contributed by atoms with Crippen molar-refractivity contribution >= 4 is 17.6 Å². The quantitative estimate of drug-likeness (QED) is 0.385. The fourth-order valence-electron chi connectivity index (χ4n) is 3.32. The van der Waals surface area contributed by atoms with Crippen LogP contribution in [-0.2, 0) is 27.4 Å². The van der Waals surface area contributed by atoms with Crippen LogP contribution in [0.3, 0.4) is 0 Å². The minimum absolute atomic E-state index is 0.0966. The second-order valence-corrected chi connectivity index (χ2v) is 7.54. The molecule has 3 aromatic carbocycles. The summed E-state index contributed by atoms with van der Waals surface area (Å²) in [7, 11) is 4.58.